The Kier molecular flexibility index (Phi) is 3.15. The minimum absolute atomic E-state index is 0.639. The predicted molar refractivity (Wildman–Crippen MR) is 80.1 cm³/mol. The summed E-state index contributed by atoms with van der Waals surface area (Å²) >= 11 is 2.25. The molecule has 2 nitrogen and oxygen atoms in total. The van der Waals surface area contributed by atoms with E-state index in [2.05, 4.69) is 27.6 Å². The first-order valence-corrected chi connectivity index (χ1v) is 6.69. The van der Waals surface area contributed by atoms with Gasteiger partial charge in [0.1, 0.15) is 5.75 Å². The molecule has 1 heterocycles. The molecule has 3 rings (SSSR count). The van der Waals surface area contributed by atoms with Gasteiger partial charge in [-0.2, -0.15) is 0 Å². The lowest BCUT2D eigenvalue weighted by Gasteiger charge is -2.03. The van der Waals surface area contributed by atoms with Crippen LogP contribution < -0.4 is 4.74 Å². The number of hydrogen-bond acceptors (Lipinski definition) is 2. The zero-order chi connectivity index (χ0) is 12.4. The van der Waals surface area contributed by atoms with Crippen LogP contribution in [0.4, 0.5) is 0 Å². The Morgan fingerprint density at radius 1 is 0.889 bits per heavy atom. The minimum atomic E-state index is 0.639. The van der Waals surface area contributed by atoms with Gasteiger partial charge in [-0.1, -0.05) is 36.4 Å². The van der Waals surface area contributed by atoms with Gasteiger partial charge < -0.3 is 4.74 Å². The molecule has 0 radical (unpaired) electrons. The zero-order valence-electron chi connectivity index (χ0n) is 9.51. The maximum absolute atomic E-state index is 5.81. The molecule has 0 atom stereocenters. The van der Waals surface area contributed by atoms with Gasteiger partial charge in [-0.15, -0.1) is 0 Å². The molecular weight excluding hydrogens is 337 g/mol. The molecule has 1 aliphatic carbocycles. The molecule has 0 bridgehead atoms. The lowest BCUT2D eigenvalue weighted by Crippen LogP contribution is -1.86. The zero-order valence-corrected chi connectivity index (χ0v) is 11.7. The monoisotopic (exact) mass is 347 g/mol. The lowest BCUT2D eigenvalue weighted by molar-refractivity contribution is 0.464. The Labute approximate surface area is 119 Å². The summed E-state index contributed by atoms with van der Waals surface area (Å²) in [6.07, 6.45) is 0. The second kappa shape index (κ2) is 4.94. The minimum Gasteiger partial charge on any atom is -0.438 e. The van der Waals surface area contributed by atoms with Crippen LogP contribution in [0, 0.1) is 3.57 Å². The SMILES string of the molecule is Ic1ccccc1Oc1cc2cccccc-2n1. The van der Waals surface area contributed by atoms with E-state index in [0.29, 0.717) is 5.88 Å². The van der Waals surface area contributed by atoms with Crippen molar-refractivity contribution in [2.24, 2.45) is 0 Å². The first-order chi connectivity index (χ1) is 8.83. The number of nitrogens with zero attached hydrogens (tertiary/aromatic N) is 1. The first kappa shape index (κ1) is 11.5. The topological polar surface area (TPSA) is 22.1 Å². The van der Waals surface area contributed by atoms with E-state index >= 15 is 0 Å². The van der Waals surface area contributed by atoms with E-state index in [0.717, 1.165) is 20.6 Å². The summed E-state index contributed by atoms with van der Waals surface area (Å²) in [5.41, 5.74) is 2.03. The molecule has 0 aromatic heterocycles. The Hall–Kier alpha value is -1.62. The normalized spacial score (nSPS) is 10.5. The molecule has 0 saturated heterocycles. The van der Waals surface area contributed by atoms with E-state index in [1.165, 1.54) is 0 Å². The fraction of sp³-hybridized carbons (Fsp3) is 0. The Balaban J connectivity index is 1.97. The lowest BCUT2D eigenvalue weighted by atomic mass is 10.2. The van der Waals surface area contributed by atoms with Gasteiger partial charge >= 0.3 is 0 Å². The highest BCUT2D eigenvalue weighted by Crippen LogP contribution is 2.30. The molecule has 0 unspecified atom stereocenters. The molecular formula is C15H10INO. The van der Waals surface area contributed by atoms with Crippen LogP contribution in [0.5, 0.6) is 11.6 Å². The van der Waals surface area contributed by atoms with Crippen LogP contribution in [0.1, 0.15) is 0 Å². The standard InChI is InChI=1S/C15H10INO/c16-12-7-4-5-9-14(12)18-15-10-11-6-2-1-3-8-13(11)17-15/h1-10H. The number of ether oxygens (including phenoxy) is 1. The maximum atomic E-state index is 5.81. The van der Waals surface area contributed by atoms with E-state index in [4.69, 9.17) is 4.74 Å². The van der Waals surface area contributed by atoms with Gasteiger partial charge in [0.15, 0.2) is 0 Å². The molecule has 88 valence electrons. The third kappa shape index (κ3) is 2.31. The van der Waals surface area contributed by atoms with Crippen LogP contribution in [0.3, 0.4) is 0 Å². The van der Waals surface area contributed by atoms with Gasteiger partial charge in [-0.25, -0.2) is 4.98 Å². The van der Waals surface area contributed by atoms with Gasteiger partial charge in [-0.3, -0.25) is 0 Å². The Morgan fingerprint density at radius 3 is 2.56 bits per heavy atom. The van der Waals surface area contributed by atoms with E-state index in [-0.39, 0.29) is 0 Å². The number of fused-ring (bicyclic) bond motifs is 1. The number of hydrogen-bond donors (Lipinski definition) is 0. The summed E-state index contributed by atoms with van der Waals surface area (Å²) in [6.45, 7) is 0. The summed E-state index contributed by atoms with van der Waals surface area (Å²) in [5.74, 6) is 1.48. The highest BCUT2D eigenvalue weighted by molar-refractivity contribution is 14.1. The van der Waals surface area contributed by atoms with Crippen molar-refractivity contribution in [2.75, 3.05) is 0 Å². The molecule has 0 amide bonds. The second-order valence-corrected chi connectivity index (χ2v) is 5.04. The molecule has 0 fully saturated rings. The second-order valence-electron chi connectivity index (χ2n) is 3.88. The van der Waals surface area contributed by atoms with Gasteiger partial charge in [0.2, 0.25) is 5.88 Å². The predicted octanol–water partition coefficient (Wildman–Crippen LogP) is 4.58. The van der Waals surface area contributed by atoms with Crippen molar-refractivity contribution in [3.8, 4) is 22.9 Å². The van der Waals surface area contributed by atoms with Crippen LogP contribution >= 0.6 is 22.6 Å². The van der Waals surface area contributed by atoms with Crippen LogP contribution in [0.2, 0.25) is 0 Å². The van der Waals surface area contributed by atoms with Crippen LogP contribution in [-0.4, -0.2) is 4.98 Å². The van der Waals surface area contributed by atoms with Crippen molar-refractivity contribution in [1.29, 1.82) is 0 Å². The highest BCUT2D eigenvalue weighted by Gasteiger charge is 2.09. The molecule has 1 aromatic rings. The largest absolute Gasteiger partial charge is 0.438 e. The molecule has 3 heteroatoms. The van der Waals surface area contributed by atoms with Crippen LogP contribution in [0.25, 0.3) is 11.3 Å². The summed E-state index contributed by atoms with van der Waals surface area (Å²) in [4.78, 5) is 4.46. The van der Waals surface area contributed by atoms with Crippen molar-refractivity contribution in [3.63, 3.8) is 0 Å². The number of aromatic nitrogens is 1. The molecule has 0 N–H and O–H groups in total. The fourth-order valence-electron chi connectivity index (χ4n) is 1.75. The van der Waals surface area contributed by atoms with Crippen LogP contribution in [-0.2, 0) is 0 Å². The van der Waals surface area contributed by atoms with Gasteiger partial charge in [0.25, 0.3) is 0 Å². The maximum Gasteiger partial charge on any atom is 0.220 e. The van der Waals surface area contributed by atoms with Crippen molar-refractivity contribution in [1.82, 2.24) is 4.98 Å². The van der Waals surface area contributed by atoms with Crippen molar-refractivity contribution >= 4 is 22.6 Å². The Morgan fingerprint density at radius 2 is 1.67 bits per heavy atom. The van der Waals surface area contributed by atoms with Gasteiger partial charge in [-0.05, 0) is 40.8 Å². The van der Waals surface area contributed by atoms with Gasteiger partial charge in [0.05, 0.1) is 9.26 Å². The summed E-state index contributed by atoms with van der Waals surface area (Å²) in [7, 11) is 0. The quantitative estimate of drug-likeness (QED) is 0.633. The van der Waals surface area contributed by atoms with E-state index in [1.807, 2.05) is 60.7 Å². The number of para-hydroxylation sites is 1. The van der Waals surface area contributed by atoms with E-state index < -0.39 is 0 Å². The first-order valence-electron chi connectivity index (χ1n) is 5.61. The highest BCUT2D eigenvalue weighted by atomic mass is 127. The number of rotatable bonds is 2. The summed E-state index contributed by atoms with van der Waals surface area (Å²) < 4.78 is 6.88. The average Bonchev–Trinajstić information content (AvgIpc) is 2.62. The number of halogens is 1. The molecule has 2 aliphatic rings. The average molecular weight is 347 g/mol. The Bertz CT molecular complexity index is 623. The third-order valence-electron chi connectivity index (χ3n) is 2.61. The third-order valence-corrected chi connectivity index (χ3v) is 3.50. The van der Waals surface area contributed by atoms with Crippen LogP contribution in [0.15, 0.2) is 60.7 Å². The van der Waals surface area contributed by atoms with Crippen molar-refractivity contribution in [2.45, 2.75) is 0 Å². The molecule has 1 aromatic carbocycles. The van der Waals surface area contributed by atoms with Gasteiger partial charge in [0, 0.05) is 11.6 Å². The summed E-state index contributed by atoms with van der Waals surface area (Å²) in [6, 6.07) is 19.8. The number of benzene rings is 1. The van der Waals surface area contributed by atoms with Crippen molar-refractivity contribution < 1.29 is 4.74 Å². The fourth-order valence-corrected chi connectivity index (χ4v) is 2.25. The van der Waals surface area contributed by atoms with E-state index in [9.17, 15) is 0 Å². The molecule has 1 aliphatic heterocycles. The molecule has 0 spiro atoms. The smallest absolute Gasteiger partial charge is 0.220 e. The molecule has 18 heavy (non-hydrogen) atoms. The van der Waals surface area contributed by atoms with E-state index in [1.54, 1.807) is 0 Å². The van der Waals surface area contributed by atoms with Crippen molar-refractivity contribution in [3.05, 3.63) is 64.2 Å². The summed E-state index contributed by atoms with van der Waals surface area (Å²) in [5, 5.41) is 0. The molecule has 0 saturated carbocycles.